The summed E-state index contributed by atoms with van der Waals surface area (Å²) < 4.78 is 25.1. The van der Waals surface area contributed by atoms with Crippen molar-refractivity contribution in [3.63, 3.8) is 0 Å². The van der Waals surface area contributed by atoms with E-state index in [1.165, 1.54) is 0 Å². The Hall–Kier alpha value is -1.44. The highest BCUT2D eigenvalue weighted by molar-refractivity contribution is 8.27. The van der Waals surface area contributed by atoms with E-state index in [9.17, 15) is 9.11 Å². The quantitative estimate of drug-likeness (QED) is 0.691. The van der Waals surface area contributed by atoms with E-state index in [4.69, 9.17) is 11.6 Å². The van der Waals surface area contributed by atoms with Crippen molar-refractivity contribution in [2.24, 2.45) is 0 Å². The van der Waals surface area contributed by atoms with Crippen LogP contribution in [0, 0.1) is 0 Å². The highest BCUT2D eigenvalue weighted by Gasteiger charge is 2.41. The van der Waals surface area contributed by atoms with E-state index in [2.05, 4.69) is 5.32 Å². The lowest BCUT2D eigenvalue weighted by Gasteiger charge is -2.43. The third-order valence-corrected chi connectivity index (χ3v) is 5.84. The molecule has 0 saturated heterocycles. The van der Waals surface area contributed by atoms with Crippen molar-refractivity contribution < 1.29 is 9.11 Å². The third kappa shape index (κ3) is 3.00. The zero-order chi connectivity index (χ0) is 16.4. The maximum absolute atomic E-state index is 10.9. The first-order chi connectivity index (χ1) is 11.1. The second-order valence-electron chi connectivity index (χ2n) is 5.31. The van der Waals surface area contributed by atoms with Crippen molar-refractivity contribution in [3.05, 3.63) is 53.6 Å². The van der Waals surface area contributed by atoms with Crippen LogP contribution in [-0.2, 0) is 0 Å². The van der Waals surface area contributed by atoms with Crippen LogP contribution < -0.4 is 13.9 Å². The number of benzene rings is 2. The summed E-state index contributed by atoms with van der Waals surface area (Å²) >= 11 is 6.08. The minimum absolute atomic E-state index is 0.553. The molecule has 3 rings (SSSR count). The van der Waals surface area contributed by atoms with Crippen LogP contribution in [0.25, 0.3) is 0 Å². The first kappa shape index (κ1) is 16.4. The average Bonchev–Trinajstić information content (AvgIpc) is 2.74. The van der Waals surface area contributed by atoms with E-state index in [1.807, 2.05) is 37.4 Å². The number of hydrogen-bond donors (Lipinski definition) is 3. The molecule has 0 aromatic heterocycles. The van der Waals surface area contributed by atoms with E-state index < -0.39 is 11.0 Å². The molecule has 0 unspecified atom stereocenters. The second-order valence-corrected chi connectivity index (χ2v) is 7.53. The molecule has 0 radical (unpaired) electrons. The largest absolute Gasteiger partial charge is 0.320 e. The number of nitrogens with one attached hydrogen (secondary N) is 1. The Morgan fingerprint density at radius 1 is 1.09 bits per heavy atom. The summed E-state index contributed by atoms with van der Waals surface area (Å²) in [4.78, 5) is 0. The Morgan fingerprint density at radius 2 is 1.83 bits per heavy atom. The van der Waals surface area contributed by atoms with Crippen molar-refractivity contribution in [1.29, 1.82) is 0 Å². The van der Waals surface area contributed by atoms with Crippen molar-refractivity contribution in [3.8, 4) is 0 Å². The Morgan fingerprint density at radius 3 is 2.52 bits per heavy atom. The molecule has 0 saturated carbocycles. The van der Waals surface area contributed by atoms with Crippen LogP contribution in [0.5, 0.6) is 0 Å². The lowest BCUT2D eigenvalue weighted by molar-refractivity contribution is 0.483. The van der Waals surface area contributed by atoms with Crippen LogP contribution >= 0.6 is 22.6 Å². The van der Waals surface area contributed by atoms with E-state index >= 15 is 0 Å². The van der Waals surface area contributed by atoms with Crippen molar-refractivity contribution in [2.45, 2.75) is 6.42 Å². The first-order valence-electron chi connectivity index (χ1n) is 7.41. The Balaban J connectivity index is 2.03. The van der Waals surface area contributed by atoms with Crippen molar-refractivity contribution >= 4 is 39.6 Å². The van der Waals surface area contributed by atoms with E-state index in [0.29, 0.717) is 17.3 Å². The van der Waals surface area contributed by atoms with Crippen LogP contribution in [0.2, 0.25) is 5.02 Å². The molecule has 124 valence electrons. The Kier molecular flexibility index (Phi) is 4.70. The Bertz CT molecular complexity index is 699. The zero-order valence-corrected chi connectivity index (χ0v) is 14.4. The van der Waals surface area contributed by atoms with Crippen LogP contribution in [0.1, 0.15) is 6.42 Å². The average molecular weight is 354 g/mol. The number of para-hydroxylation sites is 2. The topological polar surface area (TPSA) is 59.0 Å². The predicted molar refractivity (Wildman–Crippen MR) is 98.8 cm³/mol. The highest BCUT2D eigenvalue weighted by atomic mass is 35.5. The van der Waals surface area contributed by atoms with E-state index in [0.717, 1.165) is 24.3 Å². The molecule has 3 N–H and O–H groups in total. The Labute approximate surface area is 143 Å². The van der Waals surface area contributed by atoms with Gasteiger partial charge in [-0.25, -0.2) is 4.31 Å². The maximum Gasteiger partial charge on any atom is 0.0896 e. The molecule has 0 spiro atoms. The molecular formula is C16H20ClN3O2S. The van der Waals surface area contributed by atoms with Crippen molar-refractivity contribution in [1.82, 2.24) is 5.32 Å². The molecule has 1 heterocycles. The fourth-order valence-electron chi connectivity index (χ4n) is 2.73. The fourth-order valence-corrected chi connectivity index (χ4v) is 4.72. The molecule has 0 fully saturated rings. The van der Waals surface area contributed by atoms with Gasteiger partial charge in [0.15, 0.2) is 0 Å². The SMILES string of the molecule is CNCCCN1c2ccccc2N(c2cccc(Cl)c2)S1(O)O. The zero-order valence-electron chi connectivity index (χ0n) is 12.8. The molecule has 0 bridgehead atoms. The van der Waals surface area contributed by atoms with Gasteiger partial charge in [-0.3, -0.25) is 13.4 Å². The molecule has 2 aromatic carbocycles. The summed E-state index contributed by atoms with van der Waals surface area (Å²) in [7, 11) is -1.27. The minimum atomic E-state index is -3.16. The second kappa shape index (κ2) is 6.59. The maximum atomic E-state index is 10.9. The van der Waals surface area contributed by atoms with E-state index in [-0.39, 0.29) is 0 Å². The van der Waals surface area contributed by atoms with Crippen LogP contribution in [0.3, 0.4) is 0 Å². The number of hydrogen-bond acceptors (Lipinski definition) is 5. The molecule has 23 heavy (non-hydrogen) atoms. The van der Waals surface area contributed by atoms with Gasteiger partial charge in [-0.2, -0.15) is 0 Å². The predicted octanol–water partition coefficient (Wildman–Crippen LogP) is 4.49. The molecule has 5 nitrogen and oxygen atoms in total. The van der Waals surface area contributed by atoms with Gasteiger partial charge >= 0.3 is 0 Å². The molecule has 1 aliphatic heterocycles. The standard InChI is InChI=1S/C16H20ClN3O2S/c1-18-10-5-11-19-15-8-2-3-9-16(15)20(23(19,21)22)14-7-4-6-13(17)12-14/h2-4,6-9,12,18,21-22H,5,10-11H2,1H3. The van der Waals surface area contributed by atoms with Gasteiger partial charge in [0.2, 0.25) is 0 Å². The summed E-state index contributed by atoms with van der Waals surface area (Å²) in [5, 5.41) is 3.64. The molecule has 1 aliphatic rings. The molecular weight excluding hydrogens is 334 g/mol. The van der Waals surface area contributed by atoms with Gasteiger partial charge in [0, 0.05) is 11.6 Å². The van der Waals surface area contributed by atoms with Gasteiger partial charge in [-0.05, 0) is 61.3 Å². The van der Waals surface area contributed by atoms with Crippen LogP contribution in [-0.4, -0.2) is 29.2 Å². The van der Waals surface area contributed by atoms with Crippen molar-refractivity contribution in [2.75, 3.05) is 28.7 Å². The normalized spacial score (nSPS) is 17.2. The number of nitrogens with zero attached hydrogens (tertiary/aromatic N) is 2. The van der Waals surface area contributed by atoms with Gasteiger partial charge in [0.25, 0.3) is 0 Å². The number of rotatable bonds is 5. The van der Waals surface area contributed by atoms with Crippen LogP contribution in [0.4, 0.5) is 17.1 Å². The first-order valence-corrected chi connectivity index (χ1v) is 9.25. The molecule has 0 aliphatic carbocycles. The number of anilines is 3. The minimum Gasteiger partial charge on any atom is -0.320 e. The van der Waals surface area contributed by atoms with Gasteiger partial charge in [-0.15, -0.1) is 0 Å². The molecule has 2 aromatic rings. The molecule has 0 atom stereocenters. The summed E-state index contributed by atoms with van der Waals surface area (Å²) in [5.74, 6) is 0. The number of halogens is 1. The molecule has 0 amide bonds. The number of fused-ring (bicyclic) bond motifs is 1. The van der Waals surface area contributed by atoms with Gasteiger partial charge in [0.1, 0.15) is 0 Å². The van der Waals surface area contributed by atoms with Crippen LogP contribution in [0.15, 0.2) is 48.5 Å². The van der Waals surface area contributed by atoms with Gasteiger partial charge in [0.05, 0.1) is 17.1 Å². The smallest absolute Gasteiger partial charge is 0.0896 e. The summed E-state index contributed by atoms with van der Waals surface area (Å²) in [6, 6.07) is 14.7. The van der Waals surface area contributed by atoms with Gasteiger partial charge < -0.3 is 5.32 Å². The summed E-state index contributed by atoms with van der Waals surface area (Å²) in [6.45, 7) is 1.36. The van der Waals surface area contributed by atoms with Gasteiger partial charge in [-0.1, -0.05) is 29.8 Å². The third-order valence-electron chi connectivity index (χ3n) is 3.74. The highest BCUT2D eigenvalue weighted by Crippen LogP contribution is 2.64. The lowest BCUT2D eigenvalue weighted by atomic mass is 10.2. The lowest BCUT2D eigenvalue weighted by Crippen LogP contribution is -2.32. The monoisotopic (exact) mass is 353 g/mol. The summed E-state index contributed by atoms with van der Waals surface area (Å²) in [5.41, 5.74) is 2.27. The summed E-state index contributed by atoms with van der Waals surface area (Å²) in [6.07, 6.45) is 0.810. The fraction of sp³-hybridized carbons (Fsp3) is 0.250. The van der Waals surface area contributed by atoms with E-state index in [1.54, 1.807) is 26.8 Å². The molecule has 7 heteroatoms.